The summed E-state index contributed by atoms with van der Waals surface area (Å²) in [5.41, 5.74) is 5.42. The first-order chi connectivity index (χ1) is 7.04. The van der Waals surface area contributed by atoms with Gasteiger partial charge in [0.05, 0.1) is 12.4 Å². The summed E-state index contributed by atoms with van der Waals surface area (Å²) in [5, 5.41) is 7.08. The molecule has 0 aromatic heterocycles. The van der Waals surface area contributed by atoms with Gasteiger partial charge in [0.25, 0.3) is 0 Å². The summed E-state index contributed by atoms with van der Waals surface area (Å²) in [6, 6.07) is 1.87. The highest BCUT2D eigenvalue weighted by Gasteiger charge is 2.13. The van der Waals surface area contributed by atoms with Gasteiger partial charge in [-0.1, -0.05) is 0 Å². The zero-order chi connectivity index (χ0) is 11.4. The van der Waals surface area contributed by atoms with E-state index in [0.717, 1.165) is 12.1 Å². The molecule has 3 nitrogen and oxygen atoms in total. The number of benzene rings is 1. The van der Waals surface area contributed by atoms with Crippen molar-refractivity contribution in [1.29, 1.82) is 5.41 Å². The van der Waals surface area contributed by atoms with E-state index in [1.807, 2.05) is 0 Å². The smallest absolute Gasteiger partial charge is 0.168 e. The maximum absolute atomic E-state index is 13.3. The highest BCUT2D eigenvalue weighted by atomic mass is 19.1. The molecule has 0 unspecified atom stereocenters. The van der Waals surface area contributed by atoms with E-state index in [1.54, 1.807) is 6.92 Å². The summed E-state index contributed by atoms with van der Waals surface area (Å²) in [6.45, 7) is 1.97. The molecule has 1 aromatic carbocycles. The Balaban J connectivity index is 3.13. The van der Waals surface area contributed by atoms with Gasteiger partial charge < -0.3 is 10.5 Å². The second-order valence-electron chi connectivity index (χ2n) is 3.01. The normalized spacial score (nSPS) is 10.1. The lowest BCUT2D eigenvalue weighted by atomic mass is 10.1. The fraction of sp³-hybridized carbons (Fsp3) is 0.300. The molecule has 0 radical (unpaired) electrons. The Labute approximate surface area is 86.4 Å². The fourth-order valence-corrected chi connectivity index (χ4v) is 1.26. The van der Waals surface area contributed by atoms with Crippen LogP contribution in [0, 0.1) is 17.0 Å². The van der Waals surface area contributed by atoms with Crippen molar-refractivity contribution in [1.82, 2.24) is 0 Å². The van der Waals surface area contributed by atoms with E-state index in [1.165, 1.54) is 0 Å². The Morgan fingerprint density at radius 2 is 2.13 bits per heavy atom. The van der Waals surface area contributed by atoms with E-state index in [4.69, 9.17) is 15.9 Å². The van der Waals surface area contributed by atoms with Crippen LogP contribution in [0.25, 0.3) is 0 Å². The van der Waals surface area contributed by atoms with Crippen molar-refractivity contribution in [3.63, 3.8) is 0 Å². The van der Waals surface area contributed by atoms with Gasteiger partial charge in [-0.2, -0.15) is 0 Å². The Kier molecular flexibility index (Phi) is 3.60. The van der Waals surface area contributed by atoms with Crippen LogP contribution in [0.5, 0.6) is 5.75 Å². The summed E-state index contributed by atoms with van der Waals surface area (Å²) in [5.74, 6) is -1.67. The SMILES string of the molecule is CCOc1c(F)cc(F)cc1CC(=N)N. The third kappa shape index (κ3) is 2.90. The molecule has 0 fully saturated rings. The van der Waals surface area contributed by atoms with Crippen molar-refractivity contribution in [3.8, 4) is 5.75 Å². The summed E-state index contributed by atoms with van der Waals surface area (Å²) in [6.07, 6.45) is -0.0238. The zero-order valence-electron chi connectivity index (χ0n) is 8.31. The number of rotatable bonds is 4. The number of hydrogen-bond acceptors (Lipinski definition) is 2. The standard InChI is InChI=1S/C10H12F2N2O/c1-2-15-10-6(4-9(13)14)3-7(11)5-8(10)12/h3,5H,2,4H2,1H3,(H3,13,14). The van der Waals surface area contributed by atoms with Gasteiger partial charge in [0.15, 0.2) is 11.6 Å². The quantitative estimate of drug-likeness (QED) is 0.593. The zero-order valence-corrected chi connectivity index (χ0v) is 8.31. The molecule has 15 heavy (non-hydrogen) atoms. The van der Waals surface area contributed by atoms with Gasteiger partial charge in [-0.3, -0.25) is 5.41 Å². The molecular formula is C10H12F2N2O. The molecule has 0 saturated carbocycles. The van der Waals surface area contributed by atoms with Gasteiger partial charge in [0, 0.05) is 18.1 Å². The third-order valence-electron chi connectivity index (χ3n) is 1.75. The second-order valence-corrected chi connectivity index (χ2v) is 3.01. The Morgan fingerprint density at radius 3 is 2.67 bits per heavy atom. The largest absolute Gasteiger partial charge is 0.490 e. The molecule has 3 N–H and O–H groups in total. The molecule has 0 aliphatic heterocycles. The van der Waals surface area contributed by atoms with E-state index >= 15 is 0 Å². The van der Waals surface area contributed by atoms with Gasteiger partial charge in [-0.15, -0.1) is 0 Å². The lowest BCUT2D eigenvalue weighted by Gasteiger charge is -2.10. The molecule has 0 atom stereocenters. The molecule has 0 bridgehead atoms. The average molecular weight is 214 g/mol. The monoisotopic (exact) mass is 214 g/mol. The van der Waals surface area contributed by atoms with Crippen LogP contribution in [-0.2, 0) is 6.42 Å². The van der Waals surface area contributed by atoms with Crippen LogP contribution in [0.3, 0.4) is 0 Å². The van der Waals surface area contributed by atoms with Gasteiger partial charge in [0.1, 0.15) is 5.82 Å². The minimum atomic E-state index is -0.770. The average Bonchev–Trinajstić information content (AvgIpc) is 2.10. The van der Waals surface area contributed by atoms with Gasteiger partial charge >= 0.3 is 0 Å². The maximum atomic E-state index is 13.3. The Morgan fingerprint density at radius 1 is 1.47 bits per heavy atom. The predicted octanol–water partition coefficient (Wildman–Crippen LogP) is 1.84. The minimum Gasteiger partial charge on any atom is -0.490 e. The number of halogens is 2. The van der Waals surface area contributed by atoms with Crippen molar-refractivity contribution in [2.45, 2.75) is 13.3 Å². The maximum Gasteiger partial charge on any atom is 0.168 e. The van der Waals surface area contributed by atoms with Crippen LogP contribution in [0.4, 0.5) is 8.78 Å². The lowest BCUT2D eigenvalue weighted by molar-refractivity contribution is 0.317. The molecule has 0 aliphatic rings. The van der Waals surface area contributed by atoms with E-state index < -0.39 is 11.6 Å². The topological polar surface area (TPSA) is 59.1 Å². The summed E-state index contributed by atoms with van der Waals surface area (Å²) < 4.78 is 31.2. The molecule has 0 amide bonds. The van der Waals surface area contributed by atoms with Crippen LogP contribution >= 0.6 is 0 Å². The molecule has 5 heteroatoms. The van der Waals surface area contributed by atoms with E-state index in [9.17, 15) is 8.78 Å². The van der Waals surface area contributed by atoms with Crippen LogP contribution < -0.4 is 10.5 Å². The lowest BCUT2D eigenvalue weighted by Crippen LogP contribution is -2.14. The predicted molar refractivity (Wildman–Crippen MR) is 53.1 cm³/mol. The summed E-state index contributed by atoms with van der Waals surface area (Å²) in [4.78, 5) is 0. The molecule has 0 aliphatic carbocycles. The number of amidine groups is 1. The fourth-order valence-electron chi connectivity index (χ4n) is 1.26. The molecular weight excluding hydrogens is 202 g/mol. The van der Waals surface area contributed by atoms with Gasteiger partial charge in [-0.25, -0.2) is 8.78 Å². The van der Waals surface area contributed by atoms with Crippen molar-refractivity contribution in [3.05, 3.63) is 29.3 Å². The van der Waals surface area contributed by atoms with Crippen molar-refractivity contribution in [2.24, 2.45) is 5.73 Å². The number of ether oxygens (including phenoxy) is 1. The summed E-state index contributed by atoms with van der Waals surface area (Å²) >= 11 is 0. The van der Waals surface area contributed by atoms with Crippen LogP contribution in [0.2, 0.25) is 0 Å². The van der Waals surface area contributed by atoms with Crippen LogP contribution in [-0.4, -0.2) is 12.4 Å². The first-order valence-electron chi connectivity index (χ1n) is 4.48. The summed E-state index contributed by atoms with van der Waals surface area (Å²) in [7, 11) is 0. The number of hydrogen-bond donors (Lipinski definition) is 2. The molecule has 0 saturated heterocycles. The van der Waals surface area contributed by atoms with Crippen molar-refractivity contribution < 1.29 is 13.5 Å². The third-order valence-corrected chi connectivity index (χ3v) is 1.75. The van der Waals surface area contributed by atoms with Gasteiger partial charge in [-0.05, 0) is 13.0 Å². The highest BCUT2D eigenvalue weighted by Crippen LogP contribution is 2.24. The Bertz CT molecular complexity index is 380. The van der Waals surface area contributed by atoms with Gasteiger partial charge in [0.2, 0.25) is 0 Å². The number of nitrogens with one attached hydrogen (secondary N) is 1. The minimum absolute atomic E-state index is 0.0238. The number of nitrogens with two attached hydrogens (primary N) is 1. The molecule has 0 heterocycles. The Hall–Kier alpha value is -1.65. The van der Waals surface area contributed by atoms with E-state index in [2.05, 4.69) is 0 Å². The first-order valence-corrected chi connectivity index (χ1v) is 4.48. The molecule has 1 aromatic rings. The molecule has 1 rings (SSSR count). The molecule has 82 valence electrons. The van der Waals surface area contributed by atoms with Crippen LogP contribution in [0.15, 0.2) is 12.1 Å². The second kappa shape index (κ2) is 4.72. The van der Waals surface area contributed by atoms with E-state index in [-0.39, 0.29) is 30.2 Å². The molecule has 0 spiro atoms. The van der Waals surface area contributed by atoms with Crippen molar-refractivity contribution >= 4 is 5.84 Å². The van der Waals surface area contributed by atoms with Crippen molar-refractivity contribution in [2.75, 3.05) is 6.61 Å². The first kappa shape index (κ1) is 11.4. The van der Waals surface area contributed by atoms with E-state index in [0.29, 0.717) is 0 Å². The van der Waals surface area contributed by atoms with Crippen LogP contribution in [0.1, 0.15) is 12.5 Å². The highest BCUT2D eigenvalue weighted by molar-refractivity contribution is 5.80.